The number of likely N-dealkylation sites (tertiary alicyclic amines) is 1. The van der Waals surface area contributed by atoms with Gasteiger partial charge in [-0.1, -0.05) is 13.0 Å². The third-order valence-corrected chi connectivity index (χ3v) is 6.75. The topological polar surface area (TPSA) is 81.8 Å². The fraction of sp³-hybridized carbons (Fsp3) is 0.611. The number of amides is 1. The van der Waals surface area contributed by atoms with Crippen molar-refractivity contribution in [2.45, 2.75) is 31.2 Å². The number of benzene rings is 1. The van der Waals surface area contributed by atoms with Gasteiger partial charge in [0.05, 0.1) is 4.90 Å². The molecule has 2 aliphatic heterocycles. The number of carbonyl (C=O) groups excluding carboxylic acids is 1. The minimum Gasteiger partial charge on any atom is -0.337 e. The van der Waals surface area contributed by atoms with Crippen molar-refractivity contribution in [3.8, 4) is 0 Å². The van der Waals surface area contributed by atoms with E-state index in [0.29, 0.717) is 24.7 Å². The second kappa shape index (κ2) is 8.04. The van der Waals surface area contributed by atoms with Gasteiger partial charge in [0, 0.05) is 57.4 Å². The maximum absolute atomic E-state index is 13.0. The highest BCUT2D eigenvalue weighted by molar-refractivity contribution is 7.89. The molecule has 1 unspecified atom stereocenters. The van der Waals surface area contributed by atoms with Crippen LogP contribution in [0.3, 0.4) is 0 Å². The van der Waals surface area contributed by atoms with Gasteiger partial charge < -0.3 is 10.2 Å². The van der Waals surface area contributed by atoms with E-state index in [9.17, 15) is 13.2 Å². The molecule has 1 aromatic carbocycles. The Hall–Kier alpha value is -1.48. The Morgan fingerprint density at radius 1 is 1.27 bits per heavy atom. The van der Waals surface area contributed by atoms with Gasteiger partial charge in [0.1, 0.15) is 0 Å². The van der Waals surface area contributed by atoms with E-state index in [1.807, 2.05) is 11.8 Å². The average molecular weight is 381 g/mol. The second-order valence-corrected chi connectivity index (χ2v) is 8.72. The molecule has 2 fully saturated rings. The molecule has 0 saturated carbocycles. The van der Waals surface area contributed by atoms with Crippen LogP contribution in [0.4, 0.5) is 0 Å². The SMILES string of the molecule is CCNS(=O)(=O)c1ccc(C)c(C(=O)N2CCC(N3CCNCC3)C2)c1. The second-order valence-electron chi connectivity index (χ2n) is 6.96. The fourth-order valence-corrected chi connectivity index (χ4v) is 4.78. The van der Waals surface area contributed by atoms with Crippen LogP contribution in [0.1, 0.15) is 29.3 Å². The van der Waals surface area contributed by atoms with Crippen molar-refractivity contribution >= 4 is 15.9 Å². The van der Waals surface area contributed by atoms with Gasteiger partial charge in [0.25, 0.3) is 5.91 Å². The summed E-state index contributed by atoms with van der Waals surface area (Å²) in [4.78, 5) is 17.5. The van der Waals surface area contributed by atoms with Crippen molar-refractivity contribution in [2.24, 2.45) is 0 Å². The Kier molecular flexibility index (Phi) is 5.96. The molecule has 2 saturated heterocycles. The standard InChI is InChI=1S/C18H28N4O3S/c1-3-20-26(24,25)16-5-4-14(2)17(12-16)18(23)22-9-6-15(13-22)21-10-7-19-8-11-21/h4-5,12,15,19-20H,3,6-11,13H2,1-2H3. The zero-order valence-electron chi connectivity index (χ0n) is 15.5. The summed E-state index contributed by atoms with van der Waals surface area (Å²) in [6.45, 7) is 9.35. The van der Waals surface area contributed by atoms with Crippen LogP contribution in [0, 0.1) is 6.92 Å². The molecule has 2 heterocycles. The van der Waals surface area contributed by atoms with Gasteiger partial charge >= 0.3 is 0 Å². The lowest BCUT2D eigenvalue weighted by molar-refractivity contribution is 0.0772. The van der Waals surface area contributed by atoms with Gasteiger partial charge in [0.2, 0.25) is 10.0 Å². The Morgan fingerprint density at radius 2 is 2.00 bits per heavy atom. The quantitative estimate of drug-likeness (QED) is 0.773. The summed E-state index contributed by atoms with van der Waals surface area (Å²) in [5.74, 6) is -0.0753. The minimum absolute atomic E-state index is 0.0753. The maximum atomic E-state index is 13.0. The Bertz CT molecular complexity index is 760. The van der Waals surface area contributed by atoms with Gasteiger partial charge in [-0.2, -0.15) is 0 Å². The molecule has 2 N–H and O–H groups in total. The number of sulfonamides is 1. The Morgan fingerprint density at radius 3 is 2.69 bits per heavy atom. The number of rotatable bonds is 5. The van der Waals surface area contributed by atoms with E-state index in [1.165, 1.54) is 6.07 Å². The van der Waals surface area contributed by atoms with Gasteiger partial charge in [-0.3, -0.25) is 9.69 Å². The lowest BCUT2D eigenvalue weighted by atomic mass is 10.1. The van der Waals surface area contributed by atoms with Gasteiger partial charge in [-0.05, 0) is 31.0 Å². The van der Waals surface area contributed by atoms with Crippen molar-refractivity contribution < 1.29 is 13.2 Å². The van der Waals surface area contributed by atoms with Crippen LogP contribution in [0.5, 0.6) is 0 Å². The number of nitrogens with zero attached hydrogens (tertiary/aromatic N) is 2. The number of aryl methyl sites for hydroxylation is 1. The first kappa shape index (κ1) is 19.3. The molecule has 0 bridgehead atoms. The molecule has 7 nitrogen and oxygen atoms in total. The predicted molar refractivity (Wildman–Crippen MR) is 101 cm³/mol. The summed E-state index contributed by atoms with van der Waals surface area (Å²) < 4.78 is 27.0. The highest BCUT2D eigenvalue weighted by Gasteiger charge is 2.32. The molecule has 0 spiro atoms. The van der Waals surface area contributed by atoms with E-state index >= 15 is 0 Å². The van der Waals surface area contributed by atoms with Crippen LogP contribution in [-0.2, 0) is 10.0 Å². The molecule has 144 valence electrons. The van der Waals surface area contributed by atoms with Crippen molar-refractivity contribution in [3.63, 3.8) is 0 Å². The highest BCUT2D eigenvalue weighted by Crippen LogP contribution is 2.22. The fourth-order valence-electron chi connectivity index (χ4n) is 3.71. The van der Waals surface area contributed by atoms with Crippen molar-refractivity contribution in [2.75, 3.05) is 45.8 Å². The summed E-state index contributed by atoms with van der Waals surface area (Å²) in [6.07, 6.45) is 0.972. The number of piperazine rings is 1. The van der Waals surface area contributed by atoms with Crippen LogP contribution in [0.2, 0.25) is 0 Å². The number of carbonyl (C=O) groups is 1. The summed E-state index contributed by atoms with van der Waals surface area (Å²) in [6, 6.07) is 5.17. The highest BCUT2D eigenvalue weighted by atomic mass is 32.2. The summed E-state index contributed by atoms with van der Waals surface area (Å²) in [5.41, 5.74) is 1.28. The molecular formula is C18H28N4O3S. The summed E-state index contributed by atoms with van der Waals surface area (Å²) in [7, 11) is -3.57. The normalized spacial score (nSPS) is 21.9. The lowest BCUT2D eigenvalue weighted by Gasteiger charge is -2.32. The zero-order chi connectivity index (χ0) is 18.7. The van der Waals surface area contributed by atoms with Crippen LogP contribution in [0.15, 0.2) is 23.1 Å². The molecular weight excluding hydrogens is 352 g/mol. The third-order valence-electron chi connectivity index (χ3n) is 5.20. The van der Waals surface area contributed by atoms with Crippen LogP contribution < -0.4 is 10.0 Å². The number of nitrogens with one attached hydrogen (secondary N) is 2. The molecule has 0 aromatic heterocycles. The van der Waals surface area contributed by atoms with Crippen LogP contribution in [0.25, 0.3) is 0 Å². The minimum atomic E-state index is -3.57. The first-order valence-corrected chi connectivity index (χ1v) is 10.7. The van der Waals surface area contributed by atoms with Crippen LogP contribution >= 0.6 is 0 Å². The average Bonchev–Trinajstić information content (AvgIpc) is 3.12. The van der Waals surface area contributed by atoms with E-state index in [4.69, 9.17) is 0 Å². The monoisotopic (exact) mass is 380 g/mol. The Balaban J connectivity index is 1.75. The molecule has 26 heavy (non-hydrogen) atoms. The van der Waals surface area contributed by atoms with E-state index in [1.54, 1.807) is 19.1 Å². The van der Waals surface area contributed by atoms with Gasteiger partial charge in [-0.15, -0.1) is 0 Å². The lowest BCUT2D eigenvalue weighted by Crippen LogP contribution is -2.49. The first-order valence-electron chi connectivity index (χ1n) is 9.26. The van der Waals surface area contributed by atoms with E-state index in [-0.39, 0.29) is 10.8 Å². The van der Waals surface area contributed by atoms with Crippen molar-refractivity contribution in [1.29, 1.82) is 0 Å². The van der Waals surface area contributed by atoms with E-state index in [2.05, 4.69) is 14.9 Å². The van der Waals surface area contributed by atoms with E-state index < -0.39 is 10.0 Å². The predicted octanol–water partition coefficient (Wildman–Crippen LogP) is 0.413. The molecule has 1 atom stereocenters. The summed E-state index contributed by atoms with van der Waals surface area (Å²) >= 11 is 0. The molecule has 1 aromatic rings. The molecule has 3 rings (SSSR count). The maximum Gasteiger partial charge on any atom is 0.254 e. The molecule has 1 amide bonds. The Labute approximate surface area is 155 Å². The summed E-state index contributed by atoms with van der Waals surface area (Å²) in [5, 5.41) is 3.35. The number of hydrogen-bond acceptors (Lipinski definition) is 5. The molecule has 8 heteroatoms. The smallest absolute Gasteiger partial charge is 0.254 e. The van der Waals surface area contributed by atoms with Crippen LogP contribution in [-0.4, -0.2) is 76.0 Å². The molecule has 0 aliphatic carbocycles. The van der Waals surface area contributed by atoms with Gasteiger partial charge in [0.15, 0.2) is 0 Å². The molecule has 0 radical (unpaired) electrons. The van der Waals surface area contributed by atoms with Crippen molar-refractivity contribution in [3.05, 3.63) is 29.3 Å². The largest absolute Gasteiger partial charge is 0.337 e. The first-order chi connectivity index (χ1) is 12.4. The third kappa shape index (κ3) is 4.09. The van der Waals surface area contributed by atoms with Crippen molar-refractivity contribution in [1.82, 2.24) is 19.8 Å². The number of hydrogen-bond donors (Lipinski definition) is 2. The molecule has 2 aliphatic rings. The van der Waals surface area contributed by atoms with E-state index in [0.717, 1.165) is 44.7 Å². The van der Waals surface area contributed by atoms with Gasteiger partial charge in [-0.25, -0.2) is 13.1 Å². The zero-order valence-corrected chi connectivity index (χ0v) is 16.3.